The summed E-state index contributed by atoms with van der Waals surface area (Å²) in [5.74, 6) is -1.23. The average molecular weight is 684 g/mol. The molecule has 1 aliphatic rings. The number of nitrogens with one attached hydrogen (secondary N) is 1. The van der Waals surface area contributed by atoms with Crippen molar-refractivity contribution in [3.63, 3.8) is 0 Å². The van der Waals surface area contributed by atoms with Gasteiger partial charge in [-0.25, -0.2) is 4.79 Å². The van der Waals surface area contributed by atoms with Crippen LogP contribution in [0.4, 0.5) is 4.79 Å². The maximum absolute atomic E-state index is 14.0. The summed E-state index contributed by atoms with van der Waals surface area (Å²) >= 11 is 9.78. The lowest BCUT2D eigenvalue weighted by Crippen LogP contribution is -2.55. The molecular weight excluding hydrogens is 640 g/mol. The van der Waals surface area contributed by atoms with Crippen LogP contribution in [0.5, 0.6) is 0 Å². The average Bonchev–Trinajstić information content (AvgIpc) is 3.41. The summed E-state index contributed by atoms with van der Waals surface area (Å²) < 4.78 is 11.8. The molecular formula is C31H44BrClN4O6. The third-order valence-corrected chi connectivity index (χ3v) is 8.04. The number of nitrogens with zero attached hydrogens (tertiary/aromatic N) is 3. The van der Waals surface area contributed by atoms with Gasteiger partial charge < -0.3 is 24.6 Å². The minimum Gasteiger partial charge on any atom is -0.444 e. The number of hydrogen-bond donors (Lipinski definition) is 1. The van der Waals surface area contributed by atoms with Gasteiger partial charge in [0, 0.05) is 36.6 Å². The molecule has 0 aromatic heterocycles. The van der Waals surface area contributed by atoms with Gasteiger partial charge in [0.15, 0.2) is 0 Å². The van der Waals surface area contributed by atoms with Gasteiger partial charge in [0.05, 0.1) is 25.8 Å². The van der Waals surface area contributed by atoms with Crippen molar-refractivity contribution in [2.24, 2.45) is 0 Å². The van der Waals surface area contributed by atoms with Crippen LogP contribution in [0.15, 0.2) is 48.0 Å². The maximum Gasteiger partial charge on any atom is 0.410 e. The summed E-state index contributed by atoms with van der Waals surface area (Å²) in [6.07, 6.45) is 4.47. The number of carbonyl (C=O) groups excluding carboxylic acids is 4. The number of benzene rings is 1. The van der Waals surface area contributed by atoms with E-state index in [0.29, 0.717) is 24.8 Å². The summed E-state index contributed by atoms with van der Waals surface area (Å²) in [5.41, 5.74) is 0.0171. The second-order valence-electron chi connectivity index (χ2n) is 11.5. The largest absolute Gasteiger partial charge is 0.444 e. The van der Waals surface area contributed by atoms with Crippen LogP contribution < -0.4 is 5.32 Å². The number of rotatable bonds is 14. The molecule has 10 nitrogen and oxygen atoms in total. The van der Waals surface area contributed by atoms with Gasteiger partial charge in [-0.15, -0.1) is 13.2 Å². The van der Waals surface area contributed by atoms with Crippen LogP contribution >= 0.6 is 27.5 Å². The van der Waals surface area contributed by atoms with Crippen LogP contribution in [0.2, 0.25) is 5.02 Å². The molecule has 0 aliphatic carbocycles. The van der Waals surface area contributed by atoms with Crippen molar-refractivity contribution in [2.75, 3.05) is 40.4 Å². The van der Waals surface area contributed by atoms with Gasteiger partial charge in [0.25, 0.3) is 0 Å². The Kier molecular flexibility index (Phi) is 14.2. The first kappa shape index (κ1) is 36.3. The Bertz CT molecular complexity index is 1170. The second-order valence-corrected chi connectivity index (χ2v) is 12.8. The Hall–Kier alpha value is -2.89. The van der Waals surface area contributed by atoms with Gasteiger partial charge in [-0.1, -0.05) is 39.7 Å². The van der Waals surface area contributed by atoms with E-state index in [2.05, 4.69) is 34.4 Å². The minimum absolute atomic E-state index is 0.121. The summed E-state index contributed by atoms with van der Waals surface area (Å²) in [6.45, 7) is 13.5. The number of ether oxygens (including phenoxy) is 2. The Morgan fingerprint density at radius 1 is 1.16 bits per heavy atom. The Morgan fingerprint density at radius 3 is 2.49 bits per heavy atom. The van der Waals surface area contributed by atoms with E-state index in [-0.39, 0.29) is 31.3 Å². The fourth-order valence-corrected chi connectivity index (χ4v) is 5.32. The van der Waals surface area contributed by atoms with Crippen molar-refractivity contribution in [3.05, 3.63) is 58.6 Å². The Balaban J connectivity index is 2.23. The first-order chi connectivity index (χ1) is 20.2. The van der Waals surface area contributed by atoms with E-state index in [1.807, 2.05) is 0 Å². The number of amides is 4. The fourth-order valence-electron chi connectivity index (χ4n) is 4.72. The van der Waals surface area contributed by atoms with E-state index in [4.69, 9.17) is 21.1 Å². The molecule has 3 atom stereocenters. The van der Waals surface area contributed by atoms with Crippen LogP contribution in [-0.4, -0.2) is 103 Å². The summed E-state index contributed by atoms with van der Waals surface area (Å²) in [4.78, 5) is 57.5. The van der Waals surface area contributed by atoms with Crippen molar-refractivity contribution in [3.8, 4) is 0 Å². The highest BCUT2D eigenvalue weighted by Crippen LogP contribution is 2.26. The summed E-state index contributed by atoms with van der Waals surface area (Å²) in [5, 5.41) is 3.13. The van der Waals surface area contributed by atoms with Crippen molar-refractivity contribution in [2.45, 2.75) is 70.2 Å². The third kappa shape index (κ3) is 11.0. The predicted molar refractivity (Wildman–Crippen MR) is 171 cm³/mol. The molecule has 0 spiro atoms. The molecule has 0 bridgehead atoms. The zero-order valence-corrected chi connectivity index (χ0v) is 28.1. The number of carbonyl (C=O) groups is 4. The highest BCUT2D eigenvalue weighted by atomic mass is 79.9. The molecule has 2 unspecified atom stereocenters. The lowest BCUT2D eigenvalue weighted by molar-refractivity contribution is -0.145. The molecule has 1 saturated heterocycles. The van der Waals surface area contributed by atoms with Gasteiger partial charge in [0.2, 0.25) is 17.7 Å². The normalized spacial score (nSPS) is 16.2. The molecule has 238 valence electrons. The van der Waals surface area contributed by atoms with Gasteiger partial charge in [-0.2, -0.15) is 0 Å². The molecule has 0 saturated carbocycles. The molecule has 4 amide bonds. The van der Waals surface area contributed by atoms with E-state index < -0.39 is 35.6 Å². The van der Waals surface area contributed by atoms with E-state index >= 15 is 0 Å². The molecule has 0 radical (unpaired) electrons. The molecule has 1 heterocycles. The lowest BCUT2D eigenvalue weighted by Gasteiger charge is -2.34. The maximum atomic E-state index is 14.0. The standard InChI is InChI=1S/C31H44BrClN4O6/c1-8-11-25(36(7)30(41)43-31(3,4)5)28(39)34-19-27(38)35(6)26(18-21-17-22(33)13-14-24(21)32)29(40)37-15-10-12-23(37)20-42-16-9-2/h8-9,13-14,17,23,25-26H,1-2,10-12,15-16,18-20H2,3-7H3,(H,34,39)/t23?,25?,26-/m0/s1. The highest BCUT2D eigenvalue weighted by molar-refractivity contribution is 9.10. The van der Waals surface area contributed by atoms with Crippen LogP contribution in [0.3, 0.4) is 0 Å². The molecule has 12 heteroatoms. The highest BCUT2D eigenvalue weighted by Gasteiger charge is 2.37. The Labute approximate surface area is 268 Å². The van der Waals surface area contributed by atoms with Gasteiger partial charge in [0.1, 0.15) is 17.7 Å². The first-order valence-electron chi connectivity index (χ1n) is 14.2. The molecule has 2 rings (SSSR count). The van der Waals surface area contributed by atoms with Gasteiger partial charge >= 0.3 is 6.09 Å². The van der Waals surface area contributed by atoms with Gasteiger partial charge in [-0.05, 0) is 63.8 Å². The molecule has 1 fully saturated rings. The number of halogens is 2. The van der Waals surface area contributed by atoms with Crippen molar-refractivity contribution in [1.82, 2.24) is 20.0 Å². The molecule has 43 heavy (non-hydrogen) atoms. The van der Waals surface area contributed by atoms with Crippen LogP contribution in [-0.2, 0) is 30.3 Å². The summed E-state index contributed by atoms with van der Waals surface area (Å²) in [6, 6.07) is 3.36. The van der Waals surface area contributed by atoms with Crippen molar-refractivity contribution in [1.29, 1.82) is 0 Å². The monoisotopic (exact) mass is 682 g/mol. The molecule has 1 aromatic carbocycles. The summed E-state index contributed by atoms with van der Waals surface area (Å²) in [7, 11) is 3.00. The zero-order chi connectivity index (χ0) is 32.3. The van der Waals surface area contributed by atoms with Crippen LogP contribution in [0.1, 0.15) is 45.6 Å². The van der Waals surface area contributed by atoms with E-state index in [1.54, 1.807) is 57.0 Å². The quantitative estimate of drug-likeness (QED) is 0.227. The minimum atomic E-state index is -0.939. The van der Waals surface area contributed by atoms with Crippen LogP contribution in [0, 0.1) is 0 Å². The molecule has 1 aromatic rings. The van der Waals surface area contributed by atoms with Gasteiger partial charge in [-0.3, -0.25) is 19.3 Å². The molecule has 1 N–H and O–H groups in total. The SMILES string of the molecule is C=CCOCC1CCCN1C(=O)[C@H](Cc1cc(Cl)ccc1Br)N(C)C(=O)CNC(=O)C(CC=C)N(C)C(=O)OC(C)(C)C. The van der Waals surface area contributed by atoms with Crippen molar-refractivity contribution < 1.29 is 28.7 Å². The smallest absolute Gasteiger partial charge is 0.410 e. The van der Waals surface area contributed by atoms with E-state index in [1.165, 1.54) is 22.9 Å². The Morgan fingerprint density at radius 2 is 1.86 bits per heavy atom. The number of likely N-dealkylation sites (tertiary alicyclic amines) is 1. The second kappa shape index (κ2) is 16.8. The van der Waals surface area contributed by atoms with E-state index in [9.17, 15) is 19.2 Å². The number of likely N-dealkylation sites (N-methyl/N-ethyl adjacent to an activating group) is 2. The zero-order valence-electron chi connectivity index (χ0n) is 25.7. The third-order valence-electron chi connectivity index (χ3n) is 7.03. The lowest BCUT2D eigenvalue weighted by atomic mass is 10.0. The number of hydrogen-bond acceptors (Lipinski definition) is 6. The topological polar surface area (TPSA) is 108 Å². The first-order valence-corrected chi connectivity index (χ1v) is 15.4. The van der Waals surface area contributed by atoms with E-state index in [0.717, 1.165) is 22.9 Å². The predicted octanol–water partition coefficient (Wildman–Crippen LogP) is 4.59. The fraction of sp³-hybridized carbons (Fsp3) is 0.548. The van der Waals surface area contributed by atoms with Crippen LogP contribution in [0.25, 0.3) is 0 Å². The van der Waals surface area contributed by atoms with Crippen molar-refractivity contribution >= 4 is 51.3 Å². The molecule has 1 aliphatic heterocycles.